The smallest absolute Gasteiger partial charge is 0.237 e. The zero-order chi connectivity index (χ0) is 17.2. The molecule has 0 saturated carbocycles. The van der Waals surface area contributed by atoms with Crippen LogP contribution in [0.4, 0.5) is 0 Å². The molecule has 1 heterocycles. The molecule has 0 aliphatic heterocycles. The van der Waals surface area contributed by atoms with E-state index in [2.05, 4.69) is 10.3 Å². The average Bonchev–Trinajstić information content (AvgIpc) is 2.88. The molecule has 2 aromatic rings. The van der Waals surface area contributed by atoms with Crippen molar-refractivity contribution in [3.63, 3.8) is 0 Å². The van der Waals surface area contributed by atoms with E-state index in [9.17, 15) is 4.79 Å². The van der Waals surface area contributed by atoms with Crippen LogP contribution in [0.2, 0.25) is 0 Å². The van der Waals surface area contributed by atoms with Crippen molar-refractivity contribution in [3.8, 4) is 10.6 Å². The molecule has 0 aliphatic carbocycles. The number of aryl methyl sites for hydroxylation is 1. The fourth-order valence-electron chi connectivity index (χ4n) is 2.28. The lowest BCUT2D eigenvalue weighted by atomic mass is 9.87. The van der Waals surface area contributed by atoms with E-state index in [1.165, 1.54) is 0 Å². The van der Waals surface area contributed by atoms with Gasteiger partial charge in [0.1, 0.15) is 5.01 Å². The molecule has 24 heavy (non-hydrogen) atoms. The van der Waals surface area contributed by atoms with Crippen LogP contribution < -0.4 is 11.1 Å². The normalized spacial score (nSPS) is 13.8. The topological polar surface area (TPSA) is 68.0 Å². The van der Waals surface area contributed by atoms with Gasteiger partial charge in [-0.2, -0.15) is 0 Å². The zero-order valence-electron chi connectivity index (χ0n) is 14.8. The summed E-state index contributed by atoms with van der Waals surface area (Å²) in [4.78, 5) is 18.0. The molecular formula is C18H26ClN3OS. The van der Waals surface area contributed by atoms with Crippen molar-refractivity contribution >= 4 is 29.7 Å². The van der Waals surface area contributed by atoms with E-state index in [4.69, 9.17) is 5.73 Å². The summed E-state index contributed by atoms with van der Waals surface area (Å²) in [6, 6.07) is 9.43. The number of benzene rings is 1. The molecule has 0 bridgehead atoms. The molecule has 0 aliphatic rings. The number of carbonyl (C=O) groups excluding carboxylic acids is 1. The molecular weight excluding hydrogens is 342 g/mol. The Balaban J connectivity index is 0.00000288. The molecule has 1 aromatic carbocycles. The molecule has 0 radical (unpaired) electrons. The highest BCUT2D eigenvalue weighted by molar-refractivity contribution is 7.15. The van der Waals surface area contributed by atoms with Gasteiger partial charge in [0.2, 0.25) is 5.91 Å². The molecule has 1 unspecified atom stereocenters. The molecule has 0 fully saturated rings. The molecule has 1 aromatic heterocycles. The van der Waals surface area contributed by atoms with Crippen LogP contribution in [0.1, 0.15) is 44.3 Å². The molecule has 0 saturated heterocycles. The summed E-state index contributed by atoms with van der Waals surface area (Å²) < 4.78 is 0. The van der Waals surface area contributed by atoms with Gasteiger partial charge in [0.05, 0.1) is 22.7 Å². The van der Waals surface area contributed by atoms with Crippen LogP contribution in [0, 0.1) is 12.3 Å². The first kappa shape index (κ1) is 20.6. The molecule has 2 atom stereocenters. The molecule has 2 rings (SSSR count). The van der Waals surface area contributed by atoms with Gasteiger partial charge in [-0.3, -0.25) is 4.79 Å². The fourth-order valence-corrected chi connectivity index (χ4v) is 3.35. The van der Waals surface area contributed by atoms with E-state index in [0.29, 0.717) is 0 Å². The lowest BCUT2D eigenvalue weighted by Gasteiger charge is -2.27. The summed E-state index contributed by atoms with van der Waals surface area (Å²) in [7, 11) is 0. The van der Waals surface area contributed by atoms with Crippen LogP contribution >= 0.6 is 23.7 Å². The van der Waals surface area contributed by atoms with Gasteiger partial charge >= 0.3 is 0 Å². The summed E-state index contributed by atoms with van der Waals surface area (Å²) in [5.74, 6) is -0.126. The van der Waals surface area contributed by atoms with Gasteiger partial charge in [-0.1, -0.05) is 51.1 Å². The number of nitrogens with one attached hydrogen (secondary N) is 1. The maximum Gasteiger partial charge on any atom is 0.237 e. The van der Waals surface area contributed by atoms with Crippen molar-refractivity contribution in [2.45, 2.75) is 46.7 Å². The number of halogens is 1. The molecule has 3 N–H and O–H groups in total. The van der Waals surface area contributed by atoms with E-state index in [-0.39, 0.29) is 29.8 Å². The number of amides is 1. The third-order valence-corrected chi connectivity index (χ3v) is 5.21. The summed E-state index contributed by atoms with van der Waals surface area (Å²) >= 11 is 1.62. The summed E-state index contributed by atoms with van der Waals surface area (Å²) in [5.41, 5.74) is 7.81. The second kappa shape index (κ2) is 8.10. The highest BCUT2D eigenvalue weighted by atomic mass is 35.5. The van der Waals surface area contributed by atoms with E-state index >= 15 is 0 Å². The monoisotopic (exact) mass is 367 g/mol. The number of aromatic nitrogens is 1. The largest absolute Gasteiger partial charge is 0.347 e. The Kier molecular flexibility index (Phi) is 6.96. The van der Waals surface area contributed by atoms with E-state index in [1.807, 2.05) is 65.0 Å². The van der Waals surface area contributed by atoms with Crippen LogP contribution in [0.3, 0.4) is 0 Å². The lowest BCUT2D eigenvalue weighted by Crippen LogP contribution is -2.49. The van der Waals surface area contributed by atoms with Gasteiger partial charge < -0.3 is 11.1 Å². The fraction of sp³-hybridized carbons (Fsp3) is 0.444. The predicted molar refractivity (Wildman–Crippen MR) is 104 cm³/mol. The van der Waals surface area contributed by atoms with Gasteiger partial charge in [0, 0.05) is 5.56 Å². The first-order chi connectivity index (χ1) is 10.7. The van der Waals surface area contributed by atoms with Crippen molar-refractivity contribution in [2.75, 3.05) is 0 Å². The Hall–Kier alpha value is -1.43. The summed E-state index contributed by atoms with van der Waals surface area (Å²) in [5, 5.41) is 3.99. The van der Waals surface area contributed by atoms with E-state index in [1.54, 1.807) is 11.3 Å². The first-order valence-corrected chi connectivity index (χ1v) is 8.60. The minimum atomic E-state index is -0.535. The maximum absolute atomic E-state index is 12.3. The van der Waals surface area contributed by atoms with Crippen molar-refractivity contribution in [1.82, 2.24) is 10.3 Å². The molecule has 6 heteroatoms. The van der Waals surface area contributed by atoms with Crippen LogP contribution in [-0.2, 0) is 4.79 Å². The van der Waals surface area contributed by atoms with Crippen LogP contribution in [0.5, 0.6) is 0 Å². The SMILES string of the molecule is Cc1nc(-c2ccccc2)sc1C(C)NC(=O)[C@@H](N)C(C)(C)C.Cl. The molecule has 132 valence electrons. The van der Waals surface area contributed by atoms with Gasteiger partial charge in [0.15, 0.2) is 0 Å². The Bertz CT molecular complexity index is 679. The van der Waals surface area contributed by atoms with Crippen molar-refractivity contribution < 1.29 is 4.79 Å². The number of carbonyl (C=O) groups is 1. The number of nitrogens with two attached hydrogens (primary N) is 1. The number of hydrogen-bond donors (Lipinski definition) is 2. The minimum absolute atomic E-state index is 0. The second-order valence-corrected chi connectivity index (χ2v) is 7.94. The van der Waals surface area contributed by atoms with Crippen molar-refractivity contribution in [2.24, 2.45) is 11.1 Å². The number of nitrogens with zero attached hydrogens (tertiary/aromatic N) is 1. The summed E-state index contributed by atoms with van der Waals surface area (Å²) in [6.07, 6.45) is 0. The first-order valence-electron chi connectivity index (χ1n) is 7.79. The van der Waals surface area contributed by atoms with Gasteiger partial charge in [-0.05, 0) is 19.3 Å². The van der Waals surface area contributed by atoms with Crippen molar-refractivity contribution in [1.29, 1.82) is 0 Å². The molecule has 1 amide bonds. The second-order valence-electron chi connectivity index (χ2n) is 6.91. The van der Waals surface area contributed by atoms with Crippen LogP contribution in [-0.4, -0.2) is 16.9 Å². The number of hydrogen-bond acceptors (Lipinski definition) is 4. The van der Waals surface area contributed by atoms with E-state index < -0.39 is 6.04 Å². The molecule has 0 spiro atoms. The predicted octanol–water partition coefficient (Wildman–Crippen LogP) is 4.09. The van der Waals surface area contributed by atoms with Gasteiger partial charge in [0.25, 0.3) is 0 Å². The summed E-state index contributed by atoms with van der Waals surface area (Å²) in [6.45, 7) is 9.85. The maximum atomic E-state index is 12.3. The Labute approximate surface area is 154 Å². The standard InChI is InChI=1S/C18H25N3OS.ClH/c1-11(20-16(22)15(19)18(3,4)5)14-12(2)21-17(23-14)13-9-7-6-8-10-13;/h6-11,15H,19H2,1-5H3,(H,20,22);1H/t11?,15-;/m1./s1. The van der Waals surface area contributed by atoms with Gasteiger partial charge in [-0.15, -0.1) is 23.7 Å². The Morgan fingerprint density at radius 1 is 1.25 bits per heavy atom. The molecule has 4 nitrogen and oxygen atoms in total. The Morgan fingerprint density at radius 3 is 2.38 bits per heavy atom. The zero-order valence-corrected chi connectivity index (χ0v) is 16.4. The Morgan fingerprint density at radius 2 is 1.83 bits per heavy atom. The number of thiazole rings is 1. The van der Waals surface area contributed by atoms with E-state index in [0.717, 1.165) is 21.1 Å². The van der Waals surface area contributed by atoms with Crippen LogP contribution in [0.25, 0.3) is 10.6 Å². The third kappa shape index (κ3) is 4.79. The van der Waals surface area contributed by atoms with Crippen LogP contribution in [0.15, 0.2) is 30.3 Å². The quantitative estimate of drug-likeness (QED) is 0.855. The van der Waals surface area contributed by atoms with Crippen molar-refractivity contribution in [3.05, 3.63) is 40.9 Å². The third-order valence-electron chi connectivity index (χ3n) is 3.82. The highest BCUT2D eigenvalue weighted by Crippen LogP contribution is 2.31. The van der Waals surface area contributed by atoms with Gasteiger partial charge in [-0.25, -0.2) is 4.98 Å². The lowest BCUT2D eigenvalue weighted by molar-refractivity contribution is -0.125. The number of rotatable bonds is 4. The average molecular weight is 368 g/mol. The minimum Gasteiger partial charge on any atom is -0.347 e. The highest BCUT2D eigenvalue weighted by Gasteiger charge is 2.29.